The zero-order chi connectivity index (χ0) is 22.9. The molecule has 2 unspecified atom stereocenters. The molecule has 9 nitrogen and oxygen atoms in total. The Labute approximate surface area is 187 Å². The minimum atomic E-state index is -3.65. The van der Waals surface area contributed by atoms with Gasteiger partial charge in [-0.25, -0.2) is 13.2 Å². The summed E-state index contributed by atoms with van der Waals surface area (Å²) in [5.74, 6) is -0.464. The van der Waals surface area contributed by atoms with Crippen LogP contribution in [0.3, 0.4) is 0 Å². The molecule has 0 aliphatic carbocycles. The Kier molecular flexibility index (Phi) is 6.25. The minimum absolute atomic E-state index is 0.0461. The number of para-hydroxylation sites is 1. The Bertz CT molecular complexity index is 1120. The summed E-state index contributed by atoms with van der Waals surface area (Å²) in [5, 5.41) is 2.91. The number of nitrogens with zero attached hydrogens (tertiary/aromatic N) is 2. The van der Waals surface area contributed by atoms with Gasteiger partial charge in [0.1, 0.15) is 16.3 Å². The Morgan fingerprint density at radius 3 is 2.69 bits per heavy atom. The number of carbonyl (C=O) groups excluding carboxylic acids is 2. The lowest BCUT2D eigenvalue weighted by molar-refractivity contribution is -0.130. The second-order valence-electron chi connectivity index (χ2n) is 8.07. The van der Waals surface area contributed by atoms with Gasteiger partial charge in [-0.2, -0.15) is 4.31 Å². The fourth-order valence-corrected chi connectivity index (χ4v) is 5.60. The minimum Gasteiger partial charge on any atom is -0.493 e. The van der Waals surface area contributed by atoms with Gasteiger partial charge < -0.3 is 19.4 Å². The predicted octanol–water partition coefficient (Wildman–Crippen LogP) is 1.99. The normalized spacial score (nSPS) is 19.6. The third-order valence-corrected chi connectivity index (χ3v) is 7.68. The maximum Gasteiger partial charge on any atom is 0.355 e. The second-order valence-corrected chi connectivity index (χ2v) is 10.0. The van der Waals surface area contributed by atoms with Crippen molar-refractivity contribution in [1.29, 1.82) is 0 Å². The lowest BCUT2D eigenvalue weighted by atomic mass is 10.0. The predicted molar refractivity (Wildman–Crippen MR) is 116 cm³/mol. The lowest BCUT2D eigenvalue weighted by Crippen LogP contribution is -2.39. The number of carbonyl (C=O) groups is 2. The molecule has 1 aromatic carbocycles. The number of aryl methyl sites for hydroxylation is 1. The molecule has 1 saturated heterocycles. The maximum absolute atomic E-state index is 12.8. The molecule has 172 valence electrons. The number of aromatic nitrogens is 1. The van der Waals surface area contributed by atoms with Gasteiger partial charge in [0.05, 0.1) is 12.6 Å². The molecular weight excluding hydrogens is 434 g/mol. The summed E-state index contributed by atoms with van der Waals surface area (Å²) >= 11 is 0. The average molecular weight is 462 g/mol. The molecule has 0 spiro atoms. The number of fused-ring (bicyclic) bond motifs is 1. The van der Waals surface area contributed by atoms with E-state index in [1.54, 1.807) is 7.05 Å². The Balaban J connectivity index is 1.42. The van der Waals surface area contributed by atoms with E-state index in [4.69, 9.17) is 9.47 Å². The van der Waals surface area contributed by atoms with Gasteiger partial charge in [0.25, 0.3) is 5.91 Å². The summed E-state index contributed by atoms with van der Waals surface area (Å²) < 4.78 is 39.3. The SMILES string of the molecule is CC(OC(=O)c1cc(S(=O)(=O)N2CCCC2)cn1C)C(=O)NC1CCOc2ccccc21. The van der Waals surface area contributed by atoms with Crippen molar-refractivity contribution >= 4 is 21.9 Å². The van der Waals surface area contributed by atoms with E-state index in [0.29, 0.717) is 26.1 Å². The molecule has 2 atom stereocenters. The summed E-state index contributed by atoms with van der Waals surface area (Å²) in [6.45, 7) is 2.92. The van der Waals surface area contributed by atoms with Gasteiger partial charge in [-0.1, -0.05) is 18.2 Å². The number of ether oxygens (including phenoxy) is 2. The second kappa shape index (κ2) is 8.95. The van der Waals surface area contributed by atoms with Crippen molar-refractivity contribution in [3.05, 3.63) is 47.8 Å². The van der Waals surface area contributed by atoms with Crippen molar-refractivity contribution in [3.8, 4) is 5.75 Å². The van der Waals surface area contributed by atoms with Gasteiger partial charge in [0.15, 0.2) is 6.10 Å². The topological polar surface area (TPSA) is 107 Å². The molecule has 0 radical (unpaired) electrons. The van der Waals surface area contributed by atoms with Crippen LogP contribution in [0.1, 0.15) is 48.3 Å². The van der Waals surface area contributed by atoms with Crippen LogP contribution in [0.2, 0.25) is 0 Å². The van der Waals surface area contributed by atoms with Crippen LogP contribution in [-0.4, -0.2) is 55.0 Å². The van der Waals surface area contributed by atoms with E-state index in [1.165, 1.54) is 28.1 Å². The van der Waals surface area contributed by atoms with Crippen molar-refractivity contribution in [1.82, 2.24) is 14.2 Å². The van der Waals surface area contributed by atoms with E-state index < -0.39 is 28.0 Å². The molecule has 2 aliphatic rings. The zero-order valence-electron chi connectivity index (χ0n) is 18.1. The van der Waals surface area contributed by atoms with Crippen LogP contribution in [0.15, 0.2) is 41.4 Å². The van der Waals surface area contributed by atoms with E-state index >= 15 is 0 Å². The summed E-state index contributed by atoms with van der Waals surface area (Å²) in [6.07, 6.45) is 2.61. The highest BCUT2D eigenvalue weighted by molar-refractivity contribution is 7.89. The molecule has 2 aromatic rings. The number of benzene rings is 1. The summed E-state index contributed by atoms with van der Waals surface area (Å²) in [7, 11) is -2.08. The van der Waals surface area contributed by atoms with Crippen LogP contribution in [0.25, 0.3) is 0 Å². The summed E-state index contributed by atoms with van der Waals surface area (Å²) in [6, 6.07) is 8.55. The van der Waals surface area contributed by atoms with E-state index in [1.807, 2.05) is 24.3 Å². The average Bonchev–Trinajstić information content (AvgIpc) is 3.44. The third kappa shape index (κ3) is 4.37. The Morgan fingerprint density at radius 1 is 1.22 bits per heavy atom. The van der Waals surface area contributed by atoms with Crippen LogP contribution in [-0.2, 0) is 26.6 Å². The Morgan fingerprint density at radius 2 is 1.94 bits per heavy atom. The number of rotatable bonds is 6. The molecule has 1 amide bonds. The number of amides is 1. The van der Waals surface area contributed by atoms with E-state index in [-0.39, 0.29) is 16.6 Å². The number of esters is 1. The van der Waals surface area contributed by atoms with Crippen LogP contribution >= 0.6 is 0 Å². The number of nitrogens with one attached hydrogen (secondary N) is 1. The first kappa shape index (κ1) is 22.3. The van der Waals surface area contributed by atoms with E-state index in [2.05, 4.69) is 5.32 Å². The van der Waals surface area contributed by atoms with Crippen LogP contribution in [0, 0.1) is 0 Å². The molecule has 2 aliphatic heterocycles. The molecule has 3 heterocycles. The van der Waals surface area contributed by atoms with Crippen LogP contribution in [0.5, 0.6) is 5.75 Å². The monoisotopic (exact) mass is 461 g/mol. The van der Waals surface area contributed by atoms with Crippen molar-refractivity contribution in [2.75, 3.05) is 19.7 Å². The lowest BCUT2D eigenvalue weighted by Gasteiger charge is -2.27. The van der Waals surface area contributed by atoms with Gasteiger partial charge in [-0.3, -0.25) is 4.79 Å². The highest BCUT2D eigenvalue weighted by Crippen LogP contribution is 2.31. The third-order valence-electron chi connectivity index (χ3n) is 5.82. The standard InChI is InChI=1S/C22H27N3O6S/c1-15(21(26)23-18-9-12-30-20-8-4-3-7-17(18)20)31-22(27)19-13-16(14-24(19)2)32(28,29)25-10-5-6-11-25/h3-4,7-8,13-15,18H,5-6,9-12H2,1-2H3,(H,23,26). The first-order valence-corrected chi connectivity index (χ1v) is 12.1. The van der Waals surface area contributed by atoms with Crippen molar-refractivity contribution < 1.29 is 27.5 Å². The van der Waals surface area contributed by atoms with Gasteiger partial charge >= 0.3 is 5.97 Å². The molecule has 10 heteroatoms. The number of sulfonamides is 1. The highest BCUT2D eigenvalue weighted by atomic mass is 32.2. The van der Waals surface area contributed by atoms with Gasteiger partial charge in [0, 0.05) is 38.3 Å². The largest absolute Gasteiger partial charge is 0.493 e. The van der Waals surface area contributed by atoms with E-state index in [9.17, 15) is 18.0 Å². The number of hydrogen-bond donors (Lipinski definition) is 1. The molecule has 1 fully saturated rings. The first-order valence-electron chi connectivity index (χ1n) is 10.7. The van der Waals surface area contributed by atoms with Gasteiger partial charge in [-0.15, -0.1) is 0 Å². The molecule has 0 saturated carbocycles. The molecular formula is C22H27N3O6S. The Hall–Kier alpha value is -2.85. The molecule has 4 rings (SSSR count). The van der Waals surface area contributed by atoms with Gasteiger partial charge in [0.2, 0.25) is 10.0 Å². The molecule has 32 heavy (non-hydrogen) atoms. The maximum atomic E-state index is 12.8. The number of hydrogen-bond acceptors (Lipinski definition) is 6. The first-order chi connectivity index (χ1) is 15.3. The highest BCUT2D eigenvalue weighted by Gasteiger charge is 2.31. The van der Waals surface area contributed by atoms with Crippen molar-refractivity contribution in [3.63, 3.8) is 0 Å². The fraction of sp³-hybridized carbons (Fsp3) is 0.455. The van der Waals surface area contributed by atoms with Gasteiger partial charge in [-0.05, 0) is 31.9 Å². The molecule has 0 bridgehead atoms. The zero-order valence-corrected chi connectivity index (χ0v) is 18.9. The smallest absolute Gasteiger partial charge is 0.355 e. The molecule has 1 aromatic heterocycles. The molecule has 1 N–H and O–H groups in total. The van der Waals surface area contributed by atoms with Crippen LogP contribution in [0.4, 0.5) is 0 Å². The van der Waals surface area contributed by atoms with Crippen LogP contribution < -0.4 is 10.1 Å². The quantitative estimate of drug-likeness (QED) is 0.660. The summed E-state index contributed by atoms with van der Waals surface area (Å²) in [4.78, 5) is 25.4. The van der Waals surface area contributed by atoms with E-state index in [0.717, 1.165) is 24.2 Å². The van der Waals surface area contributed by atoms with Crippen molar-refractivity contribution in [2.45, 2.75) is 43.2 Å². The van der Waals surface area contributed by atoms with Crippen molar-refractivity contribution in [2.24, 2.45) is 7.05 Å². The summed E-state index contributed by atoms with van der Waals surface area (Å²) in [5.41, 5.74) is 0.948. The fourth-order valence-electron chi connectivity index (χ4n) is 4.01.